The van der Waals surface area contributed by atoms with Crippen molar-refractivity contribution in [3.8, 4) is 0 Å². The molecular weight excluding hydrogens is 304 g/mol. The predicted molar refractivity (Wildman–Crippen MR) is 79.3 cm³/mol. The van der Waals surface area contributed by atoms with Crippen LogP contribution in [0.3, 0.4) is 0 Å². The molecule has 0 fully saturated rings. The van der Waals surface area contributed by atoms with Gasteiger partial charge >= 0.3 is 0 Å². The van der Waals surface area contributed by atoms with Crippen molar-refractivity contribution in [1.82, 2.24) is 10.2 Å². The number of rotatable bonds is 2. The first kappa shape index (κ1) is 12.1. The van der Waals surface area contributed by atoms with Gasteiger partial charge in [0.1, 0.15) is 0 Å². The van der Waals surface area contributed by atoms with Gasteiger partial charge in [-0.3, -0.25) is 4.79 Å². The Hall–Kier alpha value is -1.94. The number of hydrogen-bond donors (Lipinski definition) is 1. The van der Waals surface area contributed by atoms with E-state index in [2.05, 4.69) is 38.3 Å². The number of nitrogens with one attached hydrogen (secondary N) is 1. The summed E-state index contributed by atoms with van der Waals surface area (Å²) in [6.45, 7) is 0. The lowest BCUT2D eigenvalue weighted by Crippen LogP contribution is -2.11. The second kappa shape index (κ2) is 4.97. The lowest BCUT2D eigenvalue weighted by Gasteiger charge is -2.05. The van der Waals surface area contributed by atoms with E-state index in [0.717, 1.165) is 15.6 Å². The summed E-state index contributed by atoms with van der Waals surface area (Å²) in [5, 5.41) is 8.31. The van der Waals surface area contributed by atoms with Crippen LogP contribution in [-0.4, -0.2) is 10.2 Å². The number of aromatic nitrogens is 2. The molecule has 3 aromatic rings. The van der Waals surface area contributed by atoms with Crippen molar-refractivity contribution in [3.63, 3.8) is 0 Å². The highest BCUT2D eigenvalue weighted by Crippen LogP contribution is 2.20. The number of fused-ring (bicyclic) bond motifs is 1. The minimum atomic E-state index is -0.153. The first-order valence-corrected chi connectivity index (χ1v) is 6.74. The molecule has 0 amide bonds. The van der Waals surface area contributed by atoms with Gasteiger partial charge in [0.05, 0.1) is 11.1 Å². The number of H-pyrrole nitrogens is 1. The van der Waals surface area contributed by atoms with Gasteiger partial charge in [-0.2, -0.15) is 5.10 Å². The summed E-state index contributed by atoms with van der Waals surface area (Å²) in [4.78, 5) is 11.8. The summed E-state index contributed by atoms with van der Waals surface area (Å²) >= 11 is 3.44. The molecule has 0 saturated heterocycles. The maximum absolute atomic E-state index is 11.8. The Morgan fingerprint density at radius 2 is 1.84 bits per heavy atom. The molecule has 19 heavy (non-hydrogen) atoms. The molecule has 1 aromatic heterocycles. The zero-order chi connectivity index (χ0) is 13.2. The van der Waals surface area contributed by atoms with E-state index in [1.54, 1.807) is 0 Å². The fourth-order valence-electron chi connectivity index (χ4n) is 2.12. The summed E-state index contributed by atoms with van der Waals surface area (Å²) in [6.07, 6.45) is 0.699. The van der Waals surface area contributed by atoms with E-state index >= 15 is 0 Å². The summed E-state index contributed by atoms with van der Waals surface area (Å²) < 4.78 is 0.946. The molecule has 0 aliphatic carbocycles. The lowest BCUT2D eigenvalue weighted by atomic mass is 10.0. The number of hydrogen-bond acceptors (Lipinski definition) is 2. The minimum absolute atomic E-state index is 0.153. The topological polar surface area (TPSA) is 45.8 Å². The number of aromatic amines is 1. The number of halogens is 1. The van der Waals surface area contributed by atoms with Crippen LogP contribution in [0.25, 0.3) is 10.8 Å². The van der Waals surface area contributed by atoms with Crippen LogP contribution in [0.4, 0.5) is 0 Å². The minimum Gasteiger partial charge on any atom is -0.267 e. The molecule has 0 aliphatic rings. The fourth-order valence-corrected chi connectivity index (χ4v) is 2.48. The monoisotopic (exact) mass is 314 g/mol. The molecule has 2 aromatic carbocycles. The zero-order valence-corrected chi connectivity index (χ0v) is 11.6. The maximum atomic E-state index is 11.8. The molecule has 1 heterocycles. The Bertz CT molecular complexity index is 781. The van der Waals surface area contributed by atoms with E-state index in [9.17, 15) is 4.79 Å². The molecule has 1 N–H and O–H groups in total. The lowest BCUT2D eigenvalue weighted by molar-refractivity contribution is 0.934. The van der Waals surface area contributed by atoms with Crippen molar-refractivity contribution in [3.05, 3.63) is 74.6 Å². The van der Waals surface area contributed by atoms with Gasteiger partial charge in [-0.25, -0.2) is 5.10 Å². The number of benzene rings is 2. The molecule has 0 unspecified atom stereocenters. The molecule has 0 aliphatic heterocycles. The van der Waals surface area contributed by atoms with Crippen molar-refractivity contribution < 1.29 is 0 Å². The zero-order valence-electron chi connectivity index (χ0n) is 10.1. The molecule has 0 bridgehead atoms. The van der Waals surface area contributed by atoms with Crippen LogP contribution in [0.1, 0.15) is 11.3 Å². The van der Waals surface area contributed by atoms with Crippen LogP contribution in [0.5, 0.6) is 0 Å². The standard InChI is InChI=1S/C15H11BrN2O/c16-11-6-7-12-13(9-11)14(17-18-15(12)19)8-10-4-2-1-3-5-10/h1-7,9H,8H2,(H,18,19). The Balaban J connectivity index is 2.16. The SMILES string of the molecule is O=c1[nH]nc(Cc2ccccc2)c2cc(Br)ccc12. The molecule has 4 heteroatoms. The largest absolute Gasteiger partial charge is 0.272 e. The second-order valence-electron chi connectivity index (χ2n) is 4.35. The summed E-state index contributed by atoms with van der Waals surface area (Å²) in [5.74, 6) is 0. The van der Waals surface area contributed by atoms with Crippen molar-refractivity contribution in [2.24, 2.45) is 0 Å². The van der Waals surface area contributed by atoms with Crippen LogP contribution in [-0.2, 0) is 6.42 Å². The molecule has 0 radical (unpaired) electrons. The number of nitrogens with zero attached hydrogens (tertiary/aromatic N) is 1. The molecule has 3 rings (SSSR count). The Morgan fingerprint density at radius 1 is 1.05 bits per heavy atom. The molecular formula is C15H11BrN2O. The Labute approximate surface area is 118 Å². The fraction of sp³-hybridized carbons (Fsp3) is 0.0667. The van der Waals surface area contributed by atoms with Gasteiger partial charge in [0.15, 0.2) is 0 Å². The maximum Gasteiger partial charge on any atom is 0.272 e. The van der Waals surface area contributed by atoms with Crippen LogP contribution < -0.4 is 5.56 Å². The van der Waals surface area contributed by atoms with E-state index in [4.69, 9.17) is 0 Å². The smallest absolute Gasteiger partial charge is 0.267 e. The summed E-state index contributed by atoms with van der Waals surface area (Å²) in [7, 11) is 0. The van der Waals surface area contributed by atoms with Gasteiger partial charge in [-0.1, -0.05) is 46.3 Å². The third-order valence-corrected chi connectivity index (χ3v) is 3.54. The van der Waals surface area contributed by atoms with Crippen LogP contribution in [0.2, 0.25) is 0 Å². The van der Waals surface area contributed by atoms with E-state index < -0.39 is 0 Å². The highest BCUT2D eigenvalue weighted by molar-refractivity contribution is 9.10. The van der Waals surface area contributed by atoms with E-state index in [1.807, 2.05) is 36.4 Å². The second-order valence-corrected chi connectivity index (χ2v) is 5.27. The molecule has 3 nitrogen and oxygen atoms in total. The molecule has 0 spiro atoms. The van der Waals surface area contributed by atoms with E-state index in [1.165, 1.54) is 5.56 Å². The Kier molecular flexibility index (Phi) is 3.17. The van der Waals surface area contributed by atoms with Crippen molar-refractivity contribution in [1.29, 1.82) is 0 Å². The quantitative estimate of drug-likeness (QED) is 0.789. The third kappa shape index (κ3) is 2.44. The van der Waals surface area contributed by atoms with E-state index in [-0.39, 0.29) is 5.56 Å². The summed E-state index contributed by atoms with van der Waals surface area (Å²) in [6, 6.07) is 15.7. The van der Waals surface area contributed by atoms with Crippen LogP contribution >= 0.6 is 15.9 Å². The highest BCUT2D eigenvalue weighted by Gasteiger charge is 2.07. The first-order chi connectivity index (χ1) is 9.24. The van der Waals surface area contributed by atoms with Gasteiger partial charge in [-0.05, 0) is 23.8 Å². The van der Waals surface area contributed by atoms with Gasteiger partial charge in [-0.15, -0.1) is 0 Å². The third-order valence-electron chi connectivity index (χ3n) is 3.04. The van der Waals surface area contributed by atoms with Crippen molar-refractivity contribution in [2.75, 3.05) is 0 Å². The summed E-state index contributed by atoms with van der Waals surface area (Å²) in [5.41, 5.74) is 1.89. The predicted octanol–water partition coefficient (Wildman–Crippen LogP) is 3.28. The molecule has 94 valence electrons. The first-order valence-electron chi connectivity index (χ1n) is 5.95. The van der Waals surface area contributed by atoms with Crippen molar-refractivity contribution >= 4 is 26.7 Å². The van der Waals surface area contributed by atoms with E-state index in [0.29, 0.717) is 11.8 Å². The molecule has 0 saturated carbocycles. The van der Waals surface area contributed by atoms with Gasteiger partial charge < -0.3 is 0 Å². The Morgan fingerprint density at radius 3 is 2.63 bits per heavy atom. The van der Waals surface area contributed by atoms with Gasteiger partial charge in [0.2, 0.25) is 0 Å². The highest BCUT2D eigenvalue weighted by atomic mass is 79.9. The average molecular weight is 315 g/mol. The van der Waals surface area contributed by atoms with Crippen molar-refractivity contribution in [2.45, 2.75) is 6.42 Å². The molecule has 0 atom stereocenters. The van der Waals surface area contributed by atoms with Gasteiger partial charge in [0.25, 0.3) is 5.56 Å². The normalized spacial score (nSPS) is 10.8. The average Bonchev–Trinajstić information content (AvgIpc) is 2.43. The van der Waals surface area contributed by atoms with Gasteiger partial charge in [0, 0.05) is 16.3 Å². The van der Waals surface area contributed by atoms with Crippen LogP contribution in [0, 0.1) is 0 Å². The van der Waals surface area contributed by atoms with Crippen LogP contribution in [0.15, 0.2) is 57.8 Å².